The summed E-state index contributed by atoms with van der Waals surface area (Å²) in [6, 6.07) is 9.77. The van der Waals surface area contributed by atoms with E-state index in [1.165, 1.54) is 40.1 Å². The highest BCUT2D eigenvalue weighted by atomic mass is 19.1. The van der Waals surface area contributed by atoms with Crippen molar-refractivity contribution in [2.45, 2.75) is 19.0 Å². The number of benzene rings is 2. The number of halogens is 1. The summed E-state index contributed by atoms with van der Waals surface area (Å²) in [5.41, 5.74) is 0.979. The number of hydrogen-bond acceptors (Lipinski definition) is 4. The molecule has 4 rings (SSSR count). The normalized spacial score (nSPS) is 18.6. The summed E-state index contributed by atoms with van der Waals surface area (Å²) in [4.78, 5) is 39.7. The van der Waals surface area contributed by atoms with Crippen molar-refractivity contribution >= 4 is 23.7 Å². The number of carboxylic acids is 1. The standard InChI is InChI=1S/C20H17FN2O5/c21-13-6-5-12-10-22(18(24)15-3-1-2-4-16(15)19(25)26)8-7-14-11-28-20(27)23(14)17(12)9-13/h1-6,9,14H,7-8,10-11H2,(H,25,26). The van der Waals surface area contributed by atoms with Gasteiger partial charge in [-0.15, -0.1) is 0 Å². The molecule has 144 valence electrons. The molecule has 0 aromatic heterocycles. The smallest absolute Gasteiger partial charge is 0.414 e. The number of fused-ring (bicyclic) bond motifs is 3. The van der Waals surface area contributed by atoms with Gasteiger partial charge in [0.25, 0.3) is 5.91 Å². The number of ether oxygens (including phenoxy) is 1. The van der Waals surface area contributed by atoms with Gasteiger partial charge >= 0.3 is 12.1 Å². The first-order valence-corrected chi connectivity index (χ1v) is 8.81. The van der Waals surface area contributed by atoms with Gasteiger partial charge in [0.1, 0.15) is 12.4 Å². The van der Waals surface area contributed by atoms with Gasteiger partial charge in [0.2, 0.25) is 0 Å². The molecule has 28 heavy (non-hydrogen) atoms. The quantitative estimate of drug-likeness (QED) is 0.860. The topological polar surface area (TPSA) is 87.1 Å². The van der Waals surface area contributed by atoms with E-state index in [0.717, 1.165) is 0 Å². The fraction of sp³-hybridized carbons (Fsp3) is 0.250. The maximum atomic E-state index is 13.9. The van der Waals surface area contributed by atoms with E-state index in [1.807, 2.05) is 0 Å². The second-order valence-electron chi connectivity index (χ2n) is 6.74. The van der Waals surface area contributed by atoms with E-state index in [9.17, 15) is 23.9 Å². The van der Waals surface area contributed by atoms with Crippen molar-refractivity contribution in [2.75, 3.05) is 18.1 Å². The molecular formula is C20H17FN2O5. The van der Waals surface area contributed by atoms with Gasteiger partial charge in [0.15, 0.2) is 0 Å². The highest BCUT2D eigenvalue weighted by molar-refractivity contribution is 6.04. The minimum atomic E-state index is -1.18. The maximum Gasteiger partial charge on any atom is 0.414 e. The van der Waals surface area contributed by atoms with Crippen molar-refractivity contribution in [2.24, 2.45) is 0 Å². The molecule has 1 atom stereocenters. The third-order valence-corrected chi connectivity index (χ3v) is 5.04. The van der Waals surface area contributed by atoms with Gasteiger partial charge in [0.05, 0.1) is 22.9 Å². The largest absolute Gasteiger partial charge is 0.478 e. The van der Waals surface area contributed by atoms with Crippen LogP contribution in [0.25, 0.3) is 0 Å². The van der Waals surface area contributed by atoms with Crippen LogP contribution in [-0.4, -0.2) is 47.2 Å². The molecule has 0 bridgehead atoms. The average molecular weight is 384 g/mol. The molecule has 2 aromatic rings. The summed E-state index contributed by atoms with van der Waals surface area (Å²) in [6.45, 7) is 0.586. The van der Waals surface area contributed by atoms with E-state index < -0.39 is 23.8 Å². The van der Waals surface area contributed by atoms with Crippen LogP contribution in [0.2, 0.25) is 0 Å². The van der Waals surface area contributed by atoms with Crippen LogP contribution in [0, 0.1) is 5.82 Å². The number of carboxylic acid groups (broad SMARTS) is 1. The first-order valence-electron chi connectivity index (χ1n) is 8.81. The number of hydrogen-bond donors (Lipinski definition) is 1. The minimum Gasteiger partial charge on any atom is -0.478 e. The Hall–Kier alpha value is -3.42. The summed E-state index contributed by atoms with van der Waals surface area (Å²) in [5, 5.41) is 9.38. The molecule has 1 unspecified atom stereocenters. The number of cyclic esters (lactones) is 1. The van der Waals surface area contributed by atoms with Crippen LogP contribution in [0.15, 0.2) is 42.5 Å². The van der Waals surface area contributed by atoms with Crippen LogP contribution in [0.1, 0.15) is 32.7 Å². The lowest BCUT2D eigenvalue weighted by atomic mass is 10.0. The molecule has 8 heteroatoms. The Morgan fingerprint density at radius 1 is 1.14 bits per heavy atom. The molecule has 2 heterocycles. The molecule has 2 amide bonds. The number of nitrogens with zero attached hydrogens (tertiary/aromatic N) is 2. The Kier molecular flexibility index (Phi) is 4.46. The number of aromatic carboxylic acids is 1. The monoisotopic (exact) mass is 384 g/mol. The molecule has 2 aromatic carbocycles. The zero-order chi connectivity index (χ0) is 19.8. The van der Waals surface area contributed by atoms with E-state index in [-0.39, 0.29) is 30.3 Å². The van der Waals surface area contributed by atoms with Crippen molar-refractivity contribution in [1.29, 1.82) is 0 Å². The summed E-state index contributed by atoms with van der Waals surface area (Å²) in [5.74, 6) is -2.10. The average Bonchev–Trinajstić information content (AvgIpc) is 3.03. The molecular weight excluding hydrogens is 367 g/mol. The second-order valence-corrected chi connectivity index (χ2v) is 6.74. The summed E-state index contributed by atoms with van der Waals surface area (Å²) < 4.78 is 19.0. The highest BCUT2D eigenvalue weighted by Crippen LogP contribution is 2.32. The first kappa shape index (κ1) is 18.0. The fourth-order valence-corrected chi connectivity index (χ4v) is 3.65. The minimum absolute atomic E-state index is 0.0742. The zero-order valence-corrected chi connectivity index (χ0v) is 14.8. The van der Waals surface area contributed by atoms with Gasteiger partial charge in [-0.3, -0.25) is 9.69 Å². The Balaban J connectivity index is 1.73. The molecule has 0 saturated carbocycles. The molecule has 0 aliphatic carbocycles. The SMILES string of the molecule is O=C(O)c1ccccc1C(=O)N1CCC2COC(=O)N2c2cc(F)ccc2C1. The third kappa shape index (κ3) is 3.06. The maximum absolute atomic E-state index is 13.9. The van der Waals surface area contributed by atoms with Crippen LogP contribution < -0.4 is 4.90 Å². The molecule has 0 radical (unpaired) electrons. The van der Waals surface area contributed by atoms with Crippen LogP contribution in [0.3, 0.4) is 0 Å². The molecule has 1 N–H and O–H groups in total. The van der Waals surface area contributed by atoms with E-state index in [0.29, 0.717) is 24.2 Å². The predicted octanol–water partition coefficient (Wildman–Crippen LogP) is 2.90. The molecule has 0 spiro atoms. The number of carbonyl (C=O) groups excluding carboxylic acids is 2. The lowest BCUT2D eigenvalue weighted by Gasteiger charge is -2.32. The van der Waals surface area contributed by atoms with Crippen LogP contribution in [0.5, 0.6) is 0 Å². The molecule has 2 aliphatic rings. The Morgan fingerprint density at radius 2 is 1.89 bits per heavy atom. The molecule has 1 saturated heterocycles. The van der Waals surface area contributed by atoms with Gasteiger partial charge < -0.3 is 14.7 Å². The van der Waals surface area contributed by atoms with Crippen LogP contribution >= 0.6 is 0 Å². The number of anilines is 1. The van der Waals surface area contributed by atoms with Crippen molar-refractivity contribution in [3.63, 3.8) is 0 Å². The third-order valence-electron chi connectivity index (χ3n) is 5.04. The van der Waals surface area contributed by atoms with Crippen LogP contribution in [-0.2, 0) is 11.3 Å². The predicted molar refractivity (Wildman–Crippen MR) is 96.8 cm³/mol. The fourth-order valence-electron chi connectivity index (χ4n) is 3.65. The van der Waals surface area contributed by atoms with Crippen molar-refractivity contribution in [3.8, 4) is 0 Å². The zero-order valence-electron chi connectivity index (χ0n) is 14.8. The number of carbonyl (C=O) groups is 3. The Labute approximate surface area is 159 Å². The number of amides is 2. The summed E-state index contributed by atoms with van der Waals surface area (Å²) in [6.07, 6.45) is -0.101. The first-order chi connectivity index (χ1) is 13.5. The van der Waals surface area contributed by atoms with E-state index in [1.54, 1.807) is 12.1 Å². The lowest BCUT2D eigenvalue weighted by Crippen LogP contribution is -2.42. The van der Waals surface area contributed by atoms with Gasteiger partial charge in [-0.1, -0.05) is 18.2 Å². The van der Waals surface area contributed by atoms with Crippen molar-refractivity contribution in [1.82, 2.24) is 4.90 Å². The van der Waals surface area contributed by atoms with Crippen molar-refractivity contribution < 1.29 is 28.6 Å². The lowest BCUT2D eigenvalue weighted by molar-refractivity contribution is 0.0669. The van der Waals surface area contributed by atoms with Gasteiger partial charge in [-0.25, -0.2) is 14.0 Å². The van der Waals surface area contributed by atoms with Crippen LogP contribution in [0.4, 0.5) is 14.9 Å². The van der Waals surface area contributed by atoms with E-state index >= 15 is 0 Å². The van der Waals surface area contributed by atoms with Gasteiger partial charge in [-0.05, 0) is 36.2 Å². The van der Waals surface area contributed by atoms with Gasteiger partial charge in [0, 0.05) is 13.1 Å². The second kappa shape index (κ2) is 6.95. The van der Waals surface area contributed by atoms with Crippen molar-refractivity contribution in [3.05, 3.63) is 65.0 Å². The summed E-state index contributed by atoms with van der Waals surface area (Å²) in [7, 11) is 0. The highest BCUT2D eigenvalue weighted by Gasteiger charge is 2.38. The Bertz CT molecular complexity index is 977. The summed E-state index contributed by atoms with van der Waals surface area (Å²) >= 11 is 0. The number of rotatable bonds is 2. The molecule has 7 nitrogen and oxygen atoms in total. The molecule has 1 fully saturated rings. The van der Waals surface area contributed by atoms with E-state index in [2.05, 4.69) is 0 Å². The Morgan fingerprint density at radius 3 is 2.64 bits per heavy atom. The van der Waals surface area contributed by atoms with E-state index in [4.69, 9.17) is 4.74 Å². The van der Waals surface area contributed by atoms with Gasteiger partial charge in [-0.2, -0.15) is 0 Å². The molecule has 2 aliphatic heterocycles.